The molecule has 5 nitrogen and oxygen atoms in total. The van der Waals surface area contributed by atoms with Crippen molar-refractivity contribution in [3.05, 3.63) is 48.0 Å². The van der Waals surface area contributed by atoms with Crippen LogP contribution in [0.15, 0.2) is 42.5 Å². The Hall–Kier alpha value is -2.69. The van der Waals surface area contributed by atoms with Gasteiger partial charge in [-0.2, -0.15) is 0 Å². The smallest absolute Gasteiger partial charge is 0.258 e. The SMILES string of the molecule is COc1ccc(C(=O)N(C)c2ccc(OC)cc2O)cc1. The van der Waals surface area contributed by atoms with Gasteiger partial charge in [-0.05, 0) is 36.4 Å². The van der Waals surface area contributed by atoms with Crippen molar-refractivity contribution >= 4 is 11.6 Å². The first-order valence-corrected chi connectivity index (χ1v) is 6.36. The van der Waals surface area contributed by atoms with Gasteiger partial charge in [0, 0.05) is 18.7 Å². The van der Waals surface area contributed by atoms with Gasteiger partial charge in [0.15, 0.2) is 0 Å². The highest BCUT2D eigenvalue weighted by atomic mass is 16.5. The van der Waals surface area contributed by atoms with Crippen molar-refractivity contribution in [3.8, 4) is 17.2 Å². The summed E-state index contributed by atoms with van der Waals surface area (Å²) in [6.45, 7) is 0. The number of hydrogen-bond acceptors (Lipinski definition) is 4. The molecule has 0 aliphatic rings. The van der Waals surface area contributed by atoms with Gasteiger partial charge >= 0.3 is 0 Å². The van der Waals surface area contributed by atoms with E-state index in [0.717, 1.165) is 0 Å². The lowest BCUT2D eigenvalue weighted by atomic mass is 10.1. The van der Waals surface area contributed by atoms with Gasteiger partial charge in [-0.25, -0.2) is 0 Å². The van der Waals surface area contributed by atoms with Crippen LogP contribution in [0.4, 0.5) is 5.69 Å². The Kier molecular flexibility index (Phi) is 4.33. The highest BCUT2D eigenvalue weighted by molar-refractivity contribution is 6.06. The molecular weight excluding hydrogens is 270 g/mol. The molecule has 110 valence electrons. The summed E-state index contributed by atoms with van der Waals surface area (Å²) in [5.74, 6) is 0.972. The van der Waals surface area contributed by atoms with E-state index >= 15 is 0 Å². The minimum Gasteiger partial charge on any atom is -0.506 e. The van der Waals surface area contributed by atoms with E-state index in [1.807, 2.05) is 0 Å². The van der Waals surface area contributed by atoms with Crippen LogP contribution in [0.5, 0.6) is 17.2 Å². The number of rotatable bonds is 4. The summed E-state index contributed by atoms with van der Waals surface area (Å²) < 4.78 is 10.1. The molecule has 2 aromatic carbocycles. The van der Waals surface area contributed by atoms with Crippen LogP contribution >= 0.6 is 0 Å². The zero-order chi connectivity index (χ0) is 15.4. The molecule has 0 heterocycles. The van der Waals surface area contributed by atoms with Gasteiger partial charge < -0.3 is 19.5 Å². The van der Waals surface area contributed by atoms with Crippen LogP contribution in [0.1, 0.15) is 10.4 Å². The van der Waals surface area contributed by atoms with Crippen molar-refractivity contribution in [3.63, 3.8) is 0 Å². The van der Waals surface area contributed by atoms with Crippen LogP contribution in [0.25, 0.3) is 0 Å². The molecular formula is C16H17NO4. The molecule has 2 rings (SSSR count). The molecule has 0 fully saturated rings. The average molecular weight is 287 g/mol. The molecule has 0 bridgehead atoms. The lowest BCUT2D eigenvalue weighted by Gasteiger charge is -2.19. The number of phenols is 1. The van der Waals surface area contributed by atoms with Crippen LogP contribution in [0.3, 0.4) is 0 Å². The van der Waals surface area contributed by atoms with Gasteiger partial charge in [0.1, 0.15) is 17.2 Å². The number of ether oxygens (including phenoxy) is 2. The molecule has 0 aliphatic heterocycles. The third kappa shape index (κ3) is 3.08. The van der Waals surface area contributed by atoms with Crippen molar-refractivity contribution in [2.75, 3.05) is 26.2 Å². The van der Waals surface area contributed by atoms with Crippen LogP contribution in [-0.2, 0) is 0 Å². The molecule has 1 N–H and O–H groups in total. The van der Waals surface area contributed by atoms with Crippen LogP contribution in [-0.4, -0.2) is 32.3 Å². The van der Waals surface area contributed by atoms with Crippen molar-refractivity contribution < 1.29 is 19.4 Å². The van der Waals surface area contributed by atoms with Gasteiger partial charge in [-0.1, -0.05) is 0 Å². The van der Waals surface area contributed by atoms with Crippen LogP contribution in [0.2, 0.25) is 0 Å². The van der Waals surface area contributed by atoms with E-state index in [-0.39, 0.29) is 11.7 Å². The minimum atomic E-state index is -0.224. The minimum absolute atomic E-state index is 0.0151. The van der Waals surface area contributed by atoms with E-state index in [0.29, 0.717) is 22.7 Å². The lowest BCUT2D eigenvalue weighted by Crippen LogP contribution is -2.26. The molecule has 1 amide bonds. The predicted molar refractivity (Wildman–Crippen MR) is 80.4 cm³/mol. The van der Waals surface area contributed by atoms with E-state index in [1.165, 1.54) is 18.1 Å². The van der Waals surface area contributed by atoms with Crippen molar-refractivity contribution in [1.29, 1.82) is 0 Å². The van der Waals surface area contributed by atoms with E-state index in [1.54, 1.807) is 50.6 Å². The fourth-order valence-electron chi connectivity index (χ4n) is 1.95. The summed E-state index contributed by atoms with van der Waals surface area (Å²) in [7, 11) is 4.69. The van der Waals surface area contributed by atoms with Gasteiger partial charge in [-0.15, -0.1) is 0 Å². The normalized spacial score (nSPS) is 10.0. The van der Waals surface area contributed by atoms with E-state index in [4.69, 9.17) is 9.47 Å². The molecule has 0 atom stereocenters. The topological polar surface area (TPSA) is 59.0 Å². The fourth-order valence-corrected chi connectivity index (χ4v) is 1.95. The maximum atomic E-state index is 12.4. The quantitative estimate of drug-likeness (QED) is 0.939. The Balaban J connectivity index is 2.25. The Labute approximate surface area is 123 Å². The number of benzene rings is 2. The fraction of sp³-hybridized carbons (Fsp3) is 0.188. The molecule has 2 aromatic rings. The molecule has 0 saturated heterocycles. The summed E-state index contributed by atoms with van der Waals surface area (Å²) in [4.78, 5) is 13.8. The Morgan fingerprint density at radius 3 is 2.10 bits per heavy atom. The molecule has 0 aromatic heterocycles. The first kappa shape index (κ1) is 14.7. The number of aromatic hydroxyl groups is 1. The lowest BCUT2D eigenvalue weighted by molar-refractivity contribution is 0.0992. The number of carbonyl (C=O) groups is 1. The van der Waals surface area contributed by atoms with Crippen LogP contribution < -0.4 is 14.4 Å². The number of methoxy groups -OCH3 is 2. The maximum Gasteiger partial charge on any atom is 0.258 e. The summed E-state index contributed by atoms with van der Waals surface area (Å²) in [6, 6.07) is 11.6. The van der Waals surface area contributed by atoms with E-state index in [9.17, 15) is 9.90 Å². The number of nitrogens with zero attached hydrogens (tertiary/aromatic N) is 1. The standard InChI is InChI=1S/C16H17NO4/c1-17(14-9-8-13(21-3)10-15(14)18)16(19)11-4-6-12(20-2)7-5-11/h4-10,18H,1-3H3. The van der Waals surface area contributed by atoms with Crippen molar-refractivity contribution in [2.24, 2.45) is 0 Å². The van der Waals surface area contributed by atoms with Gasteiger partial charge in [-0.3, -0.25) is 4.79 Å². The summed E-state index contributed by atoms with van der Waals surface area (Å²) in [6.07, 6.45) is 0. The molecule has 0 unspecified atom stereocenters. The monoisotopic (exact) mass is 287 g/mol. The first-order valence-electron chi connectivity index (χ1n) is 6.36. The predicted octanol–water partition coefficient (Wildman–Crippen LogP) is 2.69. The number of amides is 1. The second-order valence-electron chi connectivity index (χ2n) is 4.45. The maximum absolute atomic E-state index is 12.4. The molecule has 21 heavy (non-hydrogen) atoms. The number of anilines is 1. The summed E-state index contributed by atoms with van der Waals surface area (Å²) >= 11 is 0. The number of hydrogen-bond donors (Lipinski definition) is 1. The largest absolute Gasteiger partial charge is 0.506 e. The van der Waals surface area contributed by atoms with Gasteiger partial charge in [0.05, 0.1) is 19.9 Å². The second kappa shape index (κ2) is 6.17. The summed E-state index contributed by atoms with van der Waals surface area (Å²) in [5.41, 5.74) is 0.921. The van der Waals surface area contributed by atoms with Crippen LogP contribution in [0, 0.1) is 0 Å². The zero-order valence-corrected chi connectivity index (χ0v) is 12.2. The van der Waals surface area contributed by atoms with Crippen molar-refractivity contribution in [1.82, 2.24) is 0 Å². The first-order chi connectivity index (χ1) is 10.1. The van der Waals surface area contributed by atoms with Gasteiger partial charge in [0.25, 0.3) is 5.91 Å². The molecule has 0 aliphatic carbocycles. The third-order valence-electron chi connectivity index (χ3n) is 3.19. The number of phenolic OH excluding ortho intramolecular Hbond substituents is 1. The highest BCUT2D eigenvalue weighted by Gasteiger charge is 2.16. The third-order valence-corrected chi connectivity index (χ3v) is 3.19. The molecule has 0 spiro atoms. The molecule has 5 heteroatoms. The van der Waals surface area contributed by atoms with E-state index < -0.39 is 0 Å². The summed E-state index contributed by atoms with van der Waals surface area (Å²) in [5, 5.41) is 9.98. The van der Waals surface area contributed by atoms with Gasteiger partial charge in [0.2, 0.25) is 0 Å². The molecule has 0 radical (unpaired) electrons. The Morgan fingerprint density at radius 2 is 1.57 bits per heavy atom. The number of carbonyl (C=O) groups excluding carboxylic acids is 1. The Bertz CT molecular complexity index is 637. The average Bonchev–Trinajstić information content (AvgIpc) is 2.53. The van der Waals surface area contributed by atoms with E-state index in [2.05, 4.69) is 0 Å². The zero-order valence-electron chi connectivity index (χ0n) is 12.2. The highest BCUT2D eigenvalue weighted by Crippen LogP contribution is 2.31. The van der Waals surface area contributed by atoms with Crippen molar-refractivity contribution in [2.45, 2.75) is 0 Å². The molecule has 0 saturated carbocycles. The Morgan fingerprint density at radius 1 is 1.00 bits per heavy atom. The second-order valence-corrected chi connectivity index (χ2v) is 4.45.